The number of piperidine rings is 1. The molecule has 0 saturated carbocycles. The molecular formula is C25H41N7O2S. The van der Waals surface area contributed by atoms with E-state index in [1.54, 1.807) is 30.2 Å². The average Bonchev–Trinajstić information content (AvgIpc) is 3.29. The number of nitrogens with zero attached hydrogens (tertiary/aromatic N) is 6. The zero-order chi connectivity index (χ0) is 26.1. The summed E-state index contributed by atoms with van der Waals surface area (Å²) in [7, 11) is 0. The second-order valence-electron chi connectivity index (χ2n) is 7.58. The van der Waals surface area contributed by atoms with Crippen LogP contribution in [0.5, 0.6) is 0 Å². The lowest BCUT2D eigenvalue weighted by atomic mass is 10.1. The highest BCUT2D eigenvalue weighted by molar-refractivity contribution is 7.80. The Morgan fingerprint density at radius 1 is 1.14 bits per heavy atom. The van der Waals surface area contributed by atoms with Crippen molar-refractivity contribution in [1.29, 1.82) is 0 Å². The number of carbonyl (C=O) groups is 1. The highest BCUT2D eigenvalue weighted by Gasteiger charge is 2.11. The molecule has 0 unspecified atom stereocenters. The number of amides is 1. The third-order valence-corrected chi connectivity index (χ3v) is 4.89. The molecule has 194 valence electrons. The number of thiol groups is 1. The number of nitrogen functional groups attached to an aromatic ring is 1. The number of likely N-dealkylation sites (tertiary alicyclic amines) is 1. The van der Waals surface area contributed by atoms with Crippen LogP contribution in [-0.4, -0.2) is 61.0 Å². The Morgan fingerprint density at radius 3 is 2.40 bits per heavy atom. The van der Waals surface area contributed by atoms with Gasteiger partial charge < -0.3 is 15.4 Å². The number of aromatic nitrogens is 5. The van der Waals surface area contributed by atoms with Crippen LogP contribution in [0.25, 0.3) is 22.4 Å². The Hall–Kier alpha value is -2.72. The Kier molecular flexibility index (Phi) is 15.3. The van der Waals surface area contributed by atoms with Gasteiger partial charge in [-0.15, -0.1) is 0 Å². The van der Waals surface area contributed by atoms with Gasteiger partial charge in [0.15, 0.2) is 5.65 Å². The number of carbonyl (C=O) groups excluding carboxylic acids is 1. The van der Waals surface area contributed by atoms with Gasteiger partial charge in [0.2, 0.25) is 5.91 Å². The van der Waals surface area contributed by atoms with Crippen LogP contribution in [0.1, 0.15) is 60.3 Å². The Balaban J connectivity index is 0.000000364. The first-order valence-electron chi connectivity index (χ1n) is 12.3. The summed E-state index contributed by atoms with van der Waals surface area (Å²) in [5.41, 5.74) is 8.63. The molecule has 3 aromatic rings. The zero-order valence-corrected chi connectivity index (χ0v) is 22.7. The minimum Gasteiger partial charge on any atom is -0.383 e. The van der Waals surface area contributed by atoms with Gasteiger partial charge in [0.1, 0.15) is 18.1 Å². The van der Waals surface area contributed by atoms with E-state index in [0.29, 0.717) is 41.8 Å². The highest BCUT2D eigenvalue weighted by Crippen LogP contribution is 2.22. The summed E-state index contributed by atoms with van der Waals surface area (Å²) in [6, 6.07) is 3.67. The summed E-state index contributed by atoms with van der Waals surface area (Å²) >= 11 is 4.09. The number of hydrogen-bond acceptors (Lipinski definition) is 8. The van der Waals surface area contributed by atoms with Gasteiger partial charge in [0.25, 0.3) is 0 Å². The normalized spacial score (nSPS) is 12.5. The number of nitrogens with two attached hydrogens (primary N) is 1. The first-order valence-corrected chi connectivity index (χ1v) is 13.0. The van der Waals surface area contributed by atoms with E-state index in [-0.39, 0.29) is 5.91 Å². The molecule has 1 saturated heterocycles. The molecule has 4 rings (SSSR count). The fraction of sp³-hybridized carbons (Fsp3) is 0.560. The summed E-state index contributed by atoms with van der Waals surface area (Å²) in [5.74, 6) is 1.32. The molecule has 10 heteroatoms. The molecule has 0 aliphatic carbocycles. The number of fused-ring (bicyclic) bond motifs is 1. The lowest BCUT2D eigenvalue weighted by molar-refractivity contribution is -0.129. The molecule has 0 atom stereocenters. The zero-order valence-electron chi connectivity index (χ0n) is 21.8. The van der Waals surface area contributed by atoms with E-state index in [1.807, 2.05) is 30.9 Å². The molecule has 35 heavy (non-hydrogen) atoms. The number of pyridine rings is 1. The van der Waals surface area contributed by atoms with E-state index in [1.165, 1.54) is 25.7 Å². The Bertz CT molecular complexity index is 991. The number of ether oxygens (including phenoxy) is 1. The van der Waals surface area contributed by atoms with Gasteiger partial charge >= 0.3 is 0 Å². The molecule has 1 aliphatic heterocycles. The van der Waals surface area contributed by atoms with Gasteiger partial charge in [-0.3, -0.25) is 4.79 Å². The fourth-order valence-corrected chi connectivity index (χ4v) is 3.27. The smallest absolute Gasteiger partial charge is 0.219 e. The standard InChI is InChI=1S/C13H14N6OS.C7H13NO.C3H8.C2H6/c14-12-9(2-1-3-15-12)10-6-16-13-11(18-10)7-17-19(13)8-20-4-5-21;1-7(9)8-5-3-2-4-6-8;1-3-2;1-2/h1-3,6-7,21H,4-5,8H2,(H2,14,15);2-6H2,1H3;3H2,1-2H3;1-2H3. The molecule has 1 fully saturated rings. The van der Waals surface area contributed by atoms with Crippen molar-refractivity contribution < 1.29 is 9.53 Å². The van der Waals surface area contributed by atoms with Gasteiger partial charge in [-0.1, -0.05) is 34.1 Å². The van der Waals surface area contributed by atoms with Gasteiger partial charge in [-0.25, -0.2) is 19.6 Å². The monoisotopic (exact) mass is 503 g/mol. The van der Waals surface area contributed by atoms with E-state index in [4.69, 9.17) is 10.5 Å². The van der Waals surface area contributed by atoms with Crippen LogP contribution < -0.4 is 5.73 Å². The molecule has 0 spiro atoms. The minimum absolute atomic E-state index is 0.231. The maximum atomic E-state index is 10.7. The summed E-state index contributed by atoms with van der Waals surface area (Å²) in [5, 5.41) is 4.22. The lowest BCUT2D eigenvalue weighted by Gasteiger charge is -2.24. The van der Waals surface area contributed by atoms with E-state index in [9.17, 15) is 4.79 Å². The average molecular weight is 504 g/mol. The molecule has 0 bridgehead atoms. The van der Waals surface area contributed by atoms with Gasteiger partial charge in [0, 0.05) is 37.5 Å². The van der Waals surface area contributed by atoms with Crippen LogP contribution in [0.2, 0.25) is 0 Å². The second-order valence-corrected chi connectivity index (χ2v) is 8.03. The van der Waals surface area contributed by atoms with E-state index < -0.39 is 0 Å². The van der Waals surface area contributed by atoms with Crippen LogP contribution in [0.15, 0.2) is 30.7 Å². The van der Waals surface area contributed by atoms with Crippen molar-refractivity contribution in [2.75, 3.05) is 31.2 Å². The minimum atomic E-state index is 0.231. The molecule has 0 aromatic carbocycles. The van der Waals surface area contributed by atoms with Crippen LogP contribution in [0, 0.1) is 0 Å². The van der Waals surface area contributed by atoms with E-state index in [2.05, 4.69) is 46.5 Å². The fourth-order valence-electron chi connectivity index (χ4n) is 3.14. The molecule has 3 aromatic heterocycles. The van der Waals surface area contributed by atoms with Crippen molar-refractivity contribution in [3.8, 4) is 11.3 Å². The van der Waals surface area contributed by atoms with E-state index >= 15 is 0 Å². The molecule has 9 nitrogen and oxygen atoms in total. The molecule has 0 radical (unpaired) electrons. The SMILES string of the molecule is CC.CC(=O)N1CCCCC1.CCC.Nc1ncccc1-c1cnc2c(cnn2COCCS)n1. The van der Waals surface area contributed by atoms with Crippen molar-refractivity contribution in [2.45, 2.75) is 67.0 Å². The third-order valence-electron chi connectivity index (χ3n) is 4.71. The quantitative estimate of drug-likeness (QED) is 0.378. The topological polar surface area (TPSA) is 112 Å². The third kappa shape index (κ3) is 10.2. The molecular weight excluding hydrogens is 462 g/mol. The molecule has 4 heterocycles. The predicted octanol–water partition coefficient (Wildman–Crippen LogP) is 4.84. The largest absolute Gasteiger partial charge is 0.383 e. The van der Waals surface area contributed by atoms with Crippen molar-refractivity contribution in [2.24, 2.45) is 0 Å². The highest BCUT2D eigenvalue weighted by atomic mass is 32.1. The Labute approximate surface area is 214 Å². The number of rotatable bonds is 5. The summed E-state index contributed by atoms with van der Waals surface area (Å²) < 4.78 is 7.05. The van der Waals surface area contributed by atoms with Crippen molar-refractivity contribution in [1.82, 2.24) is 29.6 Å². The van der Waals surface area contributed by atoms with E-state index in [0.717, 1.165) is 18.7 Å². The van der Waals surface area contributed by atoms with Gasteiger partial charge in [-0.2, -0.15) is 17.7 Å². The number of hydrogen-bond donors (Lipinski definition) is 2. The van der Waals surface area contributed by atoms with Crippen LogP contribution in [0.4, 0.5) is 5.82 Å². The maximum Gasteiger partial charge on any atom is 0.219 e. The summed E-state index contributed by atoms with van der Waals surface area (Å²) in [4.78, 5) is 25.6. The van der Waals surface area contributed by atoms with Gasteiger partial charge in [0.05, 0.1) is 24.7 Å². The van der Waals surface area contributed by atoms with Crippen molar-refractivity contribution in [3.05, 3.63) is 30.7 Å². The van der Waals surface area contributed by atoms with Crippen molar-refractivity contribution >= 4 is 35.5 Å². The van der Waals surface area contributed by atoms with Crippen molar-refractivity contribution in [3.63, 3.8) is 0 Å². The summed E-state index contributed by atoms with van der Waals surface area (Å²) in [6.45, 7) is 12.7. The Morgan fingerprint density at radius 2 is 1.83 bits per heavy atom. The van der Waals surface area contributed by atoms with Crippen LogP contribution in [-0.2, 0) is 16.3 Å². The van der Waals surface area contributed by atoms with Gasteiger partial charge in [-0.05, 0) is 31.4 Å². The first kappa shape index (κ1) is 30.3. The first-order chi connectivity index (χ1) is 17.0. The molecule has 1 aliphatic rings. The lowest BCUT2D eigenvalue weighted by Crippen LogP contribution is -2.33. The maximum absolute atomic E-state index is 10.7. The predicted molar refractivity (Wildman–Crippen MR) is 146 cm³/mol. The molecule has 1 amide bonds. The molecule has 2 N–H and O–H groups in total. The number of anilines is 1. The van der Waals surface area contributed by atoms with Crippen LogP contribution in [0.3, 0.4) is 0 Å². The van der Waals surface area contributed by atoms with Crippen LogP contribution >= 0.6 is 12.6 Å². The second kappa shape index (κ2) is 17.7. The summed E-state index contributed by atoms with van der Waals surface area (Å²) in [6.07, 6.45) is 9.89.